The van der Waals surface area contributed by atoms with Gasteiger partial charge in [-0.3, -0.25) is 4.79 Å². The summed E-state index contributed by atoms with van der Waals surface area (Å²) in [5, 5.41) is 2.99. The van der Waals surface area contributed by atoms with Crippen LogP contribution in [0.3, 0.4) is 0 Å². The predicted octanol–water partition coefficient (Wildman–Crippen LogP) is 0.751. The molecule has 3 fully saturated rings. The molecule has 0 aromatic carbocycles. The lowest BCUT2D eigenvalue weighted by Crippen LogP contribution is -2.37. The highest BCUT2D eigenvalue weighted by molar-refractivity contribution is 5.80. The van der Waals surface area contributed by atoms with Crippen molar-refractivity contribution in [3.63, 3.8) is 0 Å². The Hall–Kier alpha value is -1.93. The third-order valence-electron chi connectivity index (χ3n) is 5.38. The van der Waals surface area contributed by atoms with E-state index in [1.807, 2.05) is 0 Å². The fourth-order valence-corrected chi connectivity index (χ4v) is 3.82. The molecule has 1 unspecified atom stereocenters. The van der Waals surface area contributed by atoms with E-state index in [4.69, 9.17) is 19.4 Å². The van der Waals surface area contributed by atoms with Crippen molar-refractivity contribution in [3.05, 3.63) is 11.8 Å². The highest BCUT2D eigenvalue weighted by atomic mass is 16.5. The first kappa shape index (κ1) is 18.4. The van der Waals surface area contributed by atoms with Gasteiger partial charge in [0.2, 0.25) is 11.9 Å². The molecule has 8 nitrogen and oxygen atoms in total. The fraction of sp³-hybridized carbons (Fsp3) is 0.737. The first-order valence-electron chi connectivity index (χ1n) is 10.1. The molecule has 0 aliphatic carbocycles. The van der Waals surface area contributed by atoms with Crippen LogP contribution in [-0.2, 0) is 20.7 Å². The second kappa shape index (κ2) is 8.84. The van der Waals surface area contributed by atoms with Crippen molar-refractivity contribution in [2.24, 2.45) is 0 Å². The number of anilines is 2. The summed E-state index contributed by atoms with van der Waals surface area (Å²) in [5.41, 5.74) is 0.973. The summed E-state index contributed by atoms with van der Waals surface area (Å²) in [4.78, 5) is 26.3. The van der Waals surface area contributed by atoms with Crippen molar-refractivity contribution in [2.75, 3.05) is 62.3 Å². The van der Waals surface area contributed by atoms with Crippen LogP contribution in [-0.4, -0.2) is 74.5 Å². The number of carbonyl (C=O) groups excluding carboxylic acids is 1. The van der Waals surface area contributed by atoms with Gasteiger partial charge >= 0.3 is 0 Å². The monoisotopic (exact) mass is 375 g/mol. The van der Waals surface area contributed by atoms with Crippen molar-refractivity contribution in [1.82, 2.24) is 15.3 Å². The first-order chi connectivity index (χ1) is 13.3. The second-order valence-electron chi connectivity index (χ2n) is 7.35. The molecular formula is C19H29N5O3. The molecule has 3 aliphatic rings. The number of amides is 1. The van der Waals surface area contributed by atoms with Crippen LogP contribution in [0.15, 0.2) is 6.07 Å². The lowest BCUT2D eigenvalue weighted by Gasteiger charge is -2.29. The predicted molar refractivity (Wildman–Crippen MR) is 102 cm³/mol. The van der Waals surface area contributed by atoms with Gasteiger partial charge in [0.05, 0.1) is 13.2 Å². The smallest absolute Gasteiger partial charge is 0.249 e. The second-order valence-corrected chi connectivity index (χ2v) is 7.35. The van der Waals surface area contributed by atoms with Gasteiger partial charge < -0.3 is 24.6 Å². The summed E-state index contributed by atoms with van der Waals surface area (Å²) >= 11 is 0. The highest BCUT2D eigenvalue weighted by Gasteiger charge is 2.23. The molecule has 0 spiro atoms. The van der Waals surface area contributed by atoms with E-state index in [0.29, 0.717) is 19.6 Å². The number of hydrogen-bond donors (Lipinski definition) is 1. The molecule has 0 bridgehead atoms. The molecule has 3 saturated heterocycles. The largest absolute Gasteiger partial charge is 0.378 e. The third kappa shape index (κ3) is 4.68. The van der Waals surface area contributed by atoms with E-state index in [1.54, 1.807) is 0 Å². The molecule has 1 aromatic heterocycles. The molecule has 8 heteroatoms. The highest BCUT2D eigenvalue weighted by Crippen LogP contribution is 2.22. The standard InChI is InChI=1S/C19H29N5O3/c25-18(16-4-3-11-27-16)20-6-5-15-14-17(23-9-12-26-13-10-23)22-19(21-15)24-7-1-2-8-24/h14,16H,1-13H2,(H,20,25). The van der Waals surface area contributed by atoms with Crippen molar-refractivity contribution in [1.29, 1.82) is 0 Å². The zero-order valence-electron chi connectivity index (χ0n) is 15.9. The molecule has 0 saturated carbocycles. The van der Waals surface area contributed by atoms with Gasteiger partial charge in [-0.15, -0.1) is 0 Å². The van der Waals surface area contributed by atoms with Gasteiger partial charge in [0, 0.05) is 57.5 Å². The maximum atomic E-state index is 12.1. The van der Waals surface area contributed by atoms with Crippen LogP contribution in [0, 0.1) is 0 Å². The number of carbonyl (C=O) groups is 1. The van der Waals surface area contributed by atoms with Gasteiger partial charge in [0.15, 0.2) is 0 Å². The summed E-state index contributed by atoms with van der Waals surface area (Å²) in [7, 11) is 0. The van der Waals surface area contributed by atoms with E-state index >= 15 is 0 Å². The van der Waals surface area contributed by atoms with Gasteiger partial charge in [0.1, 0.15) is 11.9 Å². The van der Waals surface area contributed by atoms with Gasteiger partial charge in [-0.25, -0.2) is 4.98 Å². The molecule has 3 aliphatic heterocycles. The molecule has 1 amide bonds. The Balaban J connectivity index is 1.43. The van der Waals surface area contributed by atoms with Crippen LogP contribution in [0.4, 0.5) is 11.8 Å². The molecule has 1 atom stereocenters. The van der Waals surface area contributed by atoms with Crippen molar-refractivity contribution >= 4 is 17.7 Å². The Morgan fingerprint density at radius 1 is 1.07 bits per heavy atom. The minimum absolute atomic E-state index is 0.00488. The average Bonchev–Trinajstić information content (AvgIpc) is 3.42. The average molecular weight is 375 g/mol. The Morgan fingerprint density at radius 2 is 1.89 bits per heavy atom. The van der Waals surface area contributed by atoms with E-state index < -0.39 is 0 Å². The normalized spacial score (nSPS) is 23.0. The van der Waals surface area contributed by atoms with Gasteiger partial charge in [-0.1, -0.05) is 0 Å². The van der Waals surface area contributed by atoms with E-state index in [0.717, 1.165) is 69.7 Å². The lowest BCUT2D eigenvalue weighted by atomic mass is 10.2. The maximum absolute atomic E-state index is 12.1. The molecule has 4 heterocycles. The van der Waals surface area contributed by atoms with Crippen LogP contribution < -0.4 is 15.1 Å². The molecule has 1 aromatic rings. The first-order valence-corrected chi connectivity index (χ1v) is 10.1. The Labute approximate surface area is 160 Å². The van der Waals surface area contributed by atoms with Crippen LogP contribution in [0.25, 0.3) is 0 Å². The van der Waals surface area contributed by atoms with E-state index in [9.17, 15) is 4.79 Å². The number of ether oxygens (including phenoxy) is 2. The molecule has 148 valence electrons. The molecule has 0 radical (unpaired) electrons. The van der Waals surface area contributed by atoms with E-state index in [2.05, 4.69) is 21.2 Å². The Morgan fingerprint density at radius 3 is 2.63 bits per heavy atom. The van der Waals surface area contributed by atoms with Crippen molar-refractivity contribution in [3.8, 4) is 0 Å². The SMILES string of the molecule is O=C(NCCc1cc(N2CCOCC2)nc(N2CCCC2)n1)C1CCCO1. The van der Waals surface area contributed by atoms with Crippen molar-refractivity contribution < 1.29 is 14.3 Å². The maximum Gasteiger partial charge on any atom is 0.249 e. The number of hydrogen-bond acceptors (Lipinski definition) is 7. The number of nitrogens with one attached hydrogen (secondary N) is 1. The van der Waals surface area contributed by atoms with Crippen LogP contribution in [0.5, 0.6) is 0 Å². The van der Waals surface area contributed by atoms with E-state index in [1.165, 1.54) is 12.8 Å². The third-order valence-corrected chi connectivity index (χ3v) is 5.38. The van der Waals surface area contributed by atoms with Crippen LogP contribution in [0.2, 0.25) is 0 Å². The topological polar surface area (TPSA) is 79.8 Å². The molecule has 4 rings (SSSR count). The van der Waals surface area contributed by atoms with Gasteiger partial charge in [-0.2, -0.15) is 4.98 Å². The summed E-state index contributed by atoms with van der Waals surface area (Å²) in [6.45, 7) is 6.45. The number of nitrogens with zero attached hydrogens (tertiary/aromatic N) is 4. The molecule has 1 N–H and O–H groups in total. The zero-order valence-corrected chi connectivity index (χ0v) is 15.9. The van der Waals surface area contributed by atoms with Crippen LogP contribution in [0.1, 0.15) is 31.4 Å². The van der Waals surface area contributed by atoms with Crippen LogP contribution >= 0.6 is 0 Å². The minimum atomic E-state index is -0.278. The van der Waals surface area contributed by atoms with Gasteiger partial charge in [0.25, 0.3) is 0 Å². The Bertz CT molecular complexity index is 638. The van der Waals surface area contributed by atoms with E-state index in [-0.39, 0.29) is 12.0 Å². The summed E-state index contributed by atoms with van der Waals surface area (Å²) in [5.74, 6) is 1.78. The number of aromatic nitrogens is 2. The zero-order chi connectivity index (χ0) is 18.5. The summed E-state index contributed by atoms with van der Waals surface area (Å²) < 4.78 is 10.9. The molecule has 27 heavy (non-hydrogen) atoms. The minimum Gasteiger partial charge on any atom is -0.378 e. The number of rotatable bonds is 6. The molecular weight excluding hydrogens is 346 g/mol. The van der Waals surface area contributed by atoms with Gasteiger partial charge in [-0.05, 0) is 25.7 Å². The summed E-state index contributed by atoms with van der Waals surface area (Å²) in [6.07, 6.45) is 4.58. The Kier molecular flexibility index (Phi) is 6.03. The fourth-order valence-electron chi connectivity index (χ4n) is 3.82. The lowest BCUT2D eigenvalue weighted by molar-refractivity contribution is -0.129. The number of morpholine rings is 1. The van der Waals surface area contributed by atoms with Crippen molar-refractivity contribution in [2.45, 2.75) is 38.2 Å². The quantitative estimate of drug-likeness (QED) is 0.786. The summed E-state index contributed by atoms with van der Waals surface area (Å²) in [6, 6.07) is 2.06.